The SMILES string of the molecule is Cc1nnc(CN2CCN(Cc3csc(C(C)(C)C)n3)CC2)o1. The highest BCUT2D eigenvalue weighted by molar-refractivity contribution is 7.09. The number of hydrogen-bond donors (Lipinski definition) is 0. The molecule has 0 radical (unpaired) electrons. The van der Waals surface area contributed by atoms with Crippen molar-refractivity contribution in [3.63, 3.8) is 0 Å². The van der Waals surface area contributed by atoms with Gasteiger partial charge in [0.25, 0.3) is 0 Å². The van der Waals surface area contributed by atoms with E-state index in [1.165, 1.54) is 10.7 Å². The number of nitrogens with zero attached hydrogens (tertiary/aromatic N) is 5. The number of rotatable bonds is 4. The summed E-state index contributed by atoms with van der Waals surface area (Å²) in [6.45, 7) is 14.3. The average molecular weight is 335 g/mol. The highest BCUT2D eigenvalue weighted by atomic mass is 32.1. The summed E-state index contributed by atoms with van der Waals surface area (Å²) < 4.78 is 5.46. The van der Waals surface area contributed by atoms with Gasteiger partial charge in [0, 0.05) is 50.4 Å². The van der Waals surface area contributed by atoms with E-state index in [0.29, 0.717) is 11.8 Å². The van der Waals surface area contributed by atoms with E-state index in [0.717, 1.165) is 39.3 Å². The molecule has 1 fully saturated rings. The Balaban J connectivity index is 1.48. The Bertz CT molecular complexity index is 637. The Kier molecular flexibility index (Phi) is 4.79. The van der Waals surface area contributed by atoms with Crippen molar-refractivity contribution in [2.75, 3.05) is 26.2 Å². The van der Waals surface area contributed by atoms with Crippen LogP contribution in [0.15, 0.2) is 9.80 Å². The highest BCUT2D eigenvalue weighted by Crippen LogP contribution is 2.26. The number of aromatic nitrogens is 3. The molecule has 0 aliphatic carbocycles. The summed E-state index contributed by atoms with van der Waals surface area (Å²) >= 11 is 1.77. The third-order valence-electron chi connectivity index (χ3n) is 3.97. The largest absolute Gasteiger partial charge is 0.424 e. The fraction of sp³-hybridized carbons (Fsp3) is 0.688. The first-order chi connectivity index (χ1) is 10.9. The second-order valence-electron chi connectivity index (χ2n) is 7.16. The van der Waals surface area contributed by atoms with Crippen LogP contribution >= 0.6 is 11.3 Å². The van der Waals surface area contributed by atoms with Gasteiger partial charge in [-0.2, -0.15) is 0 Å². The van der Waals surface area contributed by atoms with E-state index in [-0.39, 0.29) is 5.41 Å². The molecule has 6 nitrogen and oxygen atoms in total. The van der Waals surface area contributed by atoms with Crippen molar-refractivity contribution in [3.8, 4) is 0 Å². The van der Waals surface area contributed by atoms with Gasteiger partial charge in [-0.1, -0.05) is 20.8 Å². The lowest BCUT2D eigenvalue weighted by molar-refractivity contribution is 0.113. The summed E-state index contributed by atoms with van der Waals surface area (Å²) in [5.74, 6) is 1.35. The molecule has 0 N–H and O–H groups in total. The summed E-state index contributed by atoms with van der Waals surface area (Å²) in [5, 5.41) is 11.4. The van der Waals surface area contributed by atoms with Gasteiger partial charge in [-0.3, -0.25) is 9.80 Å². The van der Waals surface area contributed by atoms with Crippen molar-refractivity contribution in [3.05, 3.63) is 27.9 Å². The molecule has 1 aliphatic heterocycles. The molecular weight excluding hydrogens is 310 g/mol. The second kappa shape index (κ2) is 6.67. The van der Waals surface area contributed by atoms with Gasteiger partial charge >= 0.3 is 0 Å². The van der Waals surface area contributed by atoms with Crippen molar-refractivity contribution in [1.29, 1.82) is 0 Å². The smallest absolute Gasteiger partial charge is 0.230 e. The monoisotopic (exact) mass is 335 g/mol. The van der Waals surface area contributed by atoms with E-state index in [1.54, 1.807) is 11.3 Å². The third kappa shape index (κ3) is 4.37. The molecule has 0 aromatic carbocycles. The lowest BCUT2D eigenvalue weighted by Crippen LogP contribution is -2.45. The molecule has 0 bridgehead atoms. The van der Waals surface area contributed by atoms with Gasteiger partial charge in [0.1, 0.15) is 0 Å². The topological polar surface area (TPSA) is 58.3 Å². The summed E-state index contributed by atoms with van der Waals surface area (Å²) in [5.41, 5.74) is 1.34. The van der Waals surface area contributed by atoms with Gasteiger partial charge in [-0.25, -0.2) is 4.98 Å². The average Bonchev–Trinajstić information content (AvgIpc) is 3.10. The van der Waals surface area contributed by atoms with Crippen LogP contribution in [0.1, 0.15) is 43.3 Å². The fourth-order valence-corrected chi connectivity index (χ4v) is 3.55. The molecule has 1 aliphatic rings. The van der Waals surface area contributed by atoms with E-state index < -0.39 is 0 Å². The molecule has 23 heavy (non-hydrogen) atoms. The number of thiazole rings is 1. The molecule has 2 aromatic rings. The van der Waals surface area contributed by atoms with Crippen LogP contribution in [0.5, 0.6) is 0 Å². The lowest BCUT2D eigenvalue weighted by atomic mass is 9.98. The predicted molar refractivity (Wildman–Crippen MR) is 90.4 cm³/mol. The normalized spacial score (nSPS) is 17.7. The first-order valence-corrected chi connectivity index (χ1v) is 8.97. The molecule has 3 heterocycles. The molecule has 0 saturated carbocycles. The lowest BCUT2D eigenvalue weighted by Gasteiger charge is -2.33. The van der Waals surface area contributed by atoms with E-state index >= 15 is 0 Å². The van der Waals surface area contributed by atoms with Gasteiger partial charge in [0.2, 0.25) is 11.8 Å². The van der Waals surface area contributed by atoms with Crippen LogP contribution in [0, 0.1) is 6.92 Å². The van der Waals surface area contributed by atoms with Gasteiger partial charge in [-0.15, -0.1) is 21.5 Å². The van der Waals surface area contributed by atoms with Gasteiger partial charge in [0.15, 0.2) is 0 Å². The van der Waals surface area contributed by atoms with Crippen LogP contribution in [0.4, 0.5) is 0 Å². The third-order valence-corrected chi connectivity index (χ3v) is 5.29. The van der Waals surface area contributed by atoms with Gasteiger partial charge in [-0.05, 0) is 0 Å². The first-order valence-electron chi connectivity index (χ1n) is 8.09. The van der Waals surface area contributed by atoms with Gasteiger partial charge in [0.05, 0.1) is 17.2 Å². The maximum absolute atomic E-state index is 5.46. The second-order valence-corrected chi connectivity index (χ2v) is 8.02. The standard InChI is InChI=1S/C16H25N5OS/c1-12-18-19-14(22-12)10-21-7-5-20(6-8-21)9-13-11-23-15(17-13)16(2,3)4/h11H,5-10H2,1-4H3. The number of piperazine rings is 1. The first kappa shape index (κ1) is 16.5. The number of aryl methyl sites for hydroxylation is 1. The van der Waals surface area contributed by atoms with Crippen LogP contribution in [-0.4, -0.2) is 51.2 Å². The maximum Gasteiger partial charge on any atom is 0.230 e. The minimum atomic E-state index is 0.143. The Morgan fingerprint density at radius 2 is 1.74 bits per heavy atom. The molecule has 0 amide bonds. The quantitative estimate of drug-likeness (QED) is 0.855. The molecule has 7 heteroatoms. The van der Waals surface area contributed by atoms with Crippen molar-refractivity contribution < 1.29 is 4.42 Å². The Morgan fingerprint density at radius 1 is 1.09 bits per heavy atom. The van der Waals surface area contributed by atoms with E-state index in [9.17, 15) is 0 Å². The van der Waals surface area contributed by atoms with Crippen LogP contribution < -0.4 is 0 Å². The number of hydrogen-bond acceptors (Lipinski definition) is 7. The zero-order valence-corrected chi connectivity index (χ0v) is 15.2. The summed E-state index contributed by atoms with van der Waals surface area (Å²) in [7, 11) is 0. The van der Waals surface area contributed by atoms with Crippen LogP contribution in [0.3, 0.4) is 0 Å². The predicted octanol–water partition coefficient (Wildman–Crippen LogP) is 2.45. The molecule has 1 saturated heterocycles. The highest BCUT2D eigenvalue weighted by Gasteiger charge is 2.21. The summed E-state index contributed by atoms with van der Waals surface area (Å²) in [4.78, 5) is 9.63. The molecule has 3 rings (SSSR count). The van der Waals surface area contributed by atoms with Crippen molar-refractivity contribution >= 4 is 11.3 Å². The van der Waals surface area contributed by atoms with E-state index in [1.807, 2.05) is 6.92 Å². The Labute approximate surface area is 141 Å². The maximum atomic E-state index is 5.46. The zero-order valence-electron chi connectivity index (χ0n) is 14.4. The summed E-state index contributed by atoms with van der Waals surface area (Å²) in [6, 6.07) is 0. The van der Waals surface area contributed by atoms with Crippen LogP contribution in [0.25, 0.3) is 0 Å². The van der Waals surface area contributed by atoms with Crippen molar-refractivity contribution in [2.24, 2.45) is 0 Å². The van der Waals surface area contributed by atoms with Crippen LogP contribution in [0.2, 0.25) is 0 Å². The van der Waals surface area contributed by atoms with Crippen molar-refractivity contribution in [2.45, 2.75) is 46.2 Å². The fourth-order valence-electron chi connectivity index (χ4n) is 2.65. The minimum absolute atomic E-state index is 0.143. The molecular formula is C16H25N5OS. The van der Waals surface area contributed by atoms with Crippen molar-refractivity contribution in [1.82, 2.24) is 25.0 Å². The van der Waals surface area contributed by atoms with E-state index in [4.69, 9.17) is 9.40 Å². The minimum Gasteiger partial charge on any atom is -0.424 e. The Morgan fingerprint density at radius 3 is 2.26 bits per heavy atom. The molecule has 0 spiro atoms. The molecule has 0 atom stereocenters. The molecule has 126 valence electrons. The molecule has 0 unspecified atom stereocenters. The van der Waals surface area contributed by atoms with Gasteiger partial charge < -0.3 is 4.42 Å². The zero-order chi connectivity index (χ0) is 16.4. The van der Waals surface area contributed by atoms with Crippen LogP contribution in [-0.2, 0) is 18.5 Å². The summed E-state index contributed by atoms with van der Waals surface area (Å²) in [6.07, 6.45) is 0. The molecule has 2 aromatic heterocycles. The Hall–Kier alpha value is -1.31. The van der Waals surface area contributed by atoms with E-state index in [2.05, 4.69) is 46.1 Å².